The molecular weight excluding hydrogens is 516 g/mol. The zero-order valence-electron chi connectivity index (χ0n) is 23.2. The molecular formula is C33H34N4O4. The van der Waals surface area contributed by atoms with Gasteiger partial charge in [0.25, 0.3) is 0 Å². The number of carbonyl (C=O) groups excluding carboxylic acids is 1. The summed E-state index contributed by atoms with van der Waals surface area (Å²) in [5, 5.41) is 0. The van der Waals surface area contributed by atoms with Crippen molar-refractivity contribution in [3.8, 4) is 11.4 Å². The van der Waals surface area contributed by atoms with Crippen molar-refractivity contribution < 1.29 is 19.0 Å². The highest BCUT2D eigenvalue weighted by Crippen LogP contribution is 2.38. The Labute approximate surface area is 240 Å². The summed E-state index contributed by atoms with van der Waals surface area (Å²) in [6.07, 6.45) is 3.74. The monoisotopic (exact) mass is 550 g/mol. The number of benzene rings is 2. The van der Waals surface area contributed by atoms with Crippen molar-refractivity contribution >= 4 is 6.09 Å². The van der Waals surface area contributed by atoms with E-state index in [1.807, 2.05) is 73.7 Å². The minimum Gasteiger partial charge on any atom is -0.462 e. The molecule has 8 nitrogen and oxygen atoms in total. The van der Waals surface area contributed by atoms with Gasteiger partial charge in [-0.25, -0.2) is 9.78 Å². The Morgan fingerprint density at radius 1 is 0.976 bits per heavy atom. The predicted octanol–water partition coefficient (Wildman–Crippen LogP) is 6.47. The number of carbonyl (C=O) groups is 1. The van der Waals surface area contributed by atoms with Crippen LogP contribution in [0.15, 0.2) is 90.9 Å². The molecule has 0 saturated carbocycles. The molecule has 2 aliphatic heterocycles. The number of aromatic amines is 1. The highest BCUT2D eigenvalue weighted by atomic mass is 16.7. The van der Waals surface area contributed by atoms with Gasteiger partial charge in [-0.2, -0.15) is 0 Å². The van der Waals surface area contributed by atoms with Gasteiger partial charge in [0.05, 0.1) is 17.3 Å². The minimum absolute atomic E-state index is 0.119. The van der Waals surface area contributed by atoms with E-state index in [1.165, 1.54) is 5.56 Å². The zero-order chi connectivity index (χ0) is 28.0. The van der Waals surface area contributed by atoms with Crippen LogP contribution in [-0.2, 0) is 27.2 Å². The average Bonchev–Trinajstić information content (AvgIpc) is 3.71. The van der Waals surface area contributed by atoms with Gasteiger partial charge in [-0.05, 0) is 49.4 Å². The van der Waals surface area contributed by atoms with Crippen LogP contribution in [0, 0.1) is 6.92 Å². The summed E-state index contributed by atoms with van der Waals surface area (Å²) in [6.45, 7) is 3.70. The second-order valence-electron chi connectivity index (χ2n) is 10.5. The van der Waals surface area contributed by atoms with E-state index in [1.54, 1.807) is 11.2 Å². The normalized spacial score (nSPS) is 16.0. The third kappa shape index (κ3) is 6.27. The van der Waals surface area contributed by atoms with Crippen molar-refractivity contribution in [2.45, 2.75) is 44.6 Å². The number of amides is 1. The average molecular weight is 551 g/mol. The van der Waals surface area contributed by atoms with Gasteiger partial charge < -0.3 is 24.1 Å². The quantitative estimate of drug-likeness (QED) is 0.271. The number of likely N-dealkylation sites (tertiary alicyclic amines) is 1. The number of allylic oxidation sites excluding steroid dienone is 1. The first-order valence-corrected chi connectivity index (χ1v) is 14.1. The van der Waals surface area contributed by atoms with Crippen LogP contribution in [-0.4, -0.2) is 45.8 Å². The van der Waals surface area contributed by atoms with E-state index in [0.717, 1.165) is 59.2 Å². The van der Waals surface area contributed by atoms with Gasteiger partial charge in [-0.3, -0.25) is 4.98 Å². The lowest BCUT2D eigenvalue weighted by atomic mass is 9.92. The number of piperidine rings is 1. The summed E-state index contributed by atoms with van der Waals surface area (Å²) in [6, 6.07) is 26.1. The number of H-pyrrole nitrogens is 1. The van der Waals surface area contributed by atoms with Crippen LogP contribution in [0.3, 0.4) is 0 Å². The van der Waals surface area contributed by atoms with Gasteiger partial charge in [0.1, 0.15) is 30.1 Å². The molecule has 4 aromatic rings. The molecule has 4 heterocycles. The topological polar surface area (TPSA) is 89.6 Å². The number of imidazole rings is 1. The Balaban J connectivity index is 1.24. The third-order valence-corrected chi connectivity index (χ3v) is 7.69. The molecule has 0 radical (unpaired) electrons. The molecule has 1 saturated heterocycles. The van der Waals surface area contributed by atoms with E-state index >= 15 is 0 Å². The van der Waals surface area contributed by atoms with Crippen LogP contribution >= 0.6 is 0 Å². The fourth-order valence-electron chi connectivity index (χ4n) is 5.50. The Morgan fingerprint density at radius 2 is 1.71 bits per heavy atom. The molecule has 2 aliphatic rings. The van der Waals surface area contributed by atoms with Crippen molar-refractivity contribution in [1.29, 1.82) is 0 Å². The van der Waals surface area contributed by atoms with E-state index < -0.39 is 0 Å². The second-order valence-corrected chi connectivity index (χ2v) is 10.5. The number of aryl methyl sites for hydroxylation is 1. The van der Waals surface area contributed by atoms with Gasteiger partial charge in [-0.1, -0.05) is 66.7 Å². The molecule has 6 rings (SSSR count). The van der Waals surface area contributed by atoms with E-state index in [0.29, 0.717) is 13.1 Å². The molecule has 2 aromatic carbocycles. The predicted molar refractivity (Wildman–Crippen MR) is 155 cm³/mol. The van der Waals surface area contributed by atoms with E-state index in [9.17, 15) is 4.79 Å². The molecule has 1 atom stereocenters. The highest BCUT2D eigenvalue weighted by Gasteiger charge is 2.32. The first kappa shape index (κ1) is 26.6. The van der Waals surface area contributed by atoms with E-state index in [-0.39, 0.29) is 31.3 Å². The number of pyridine rings is 1. The molecule has 0 bridgehead atoms. The first-order chi connectivity index (χ1) is 20.1. The third-order valence-electron chi connectivity index (χ3n) is 7.69. The lowest BCUT2D eigenvalue weighted by molar-refractivity contribution is 0.0750. The number of rotatable bonds is 8. The summed E-state index contributed by atoms with van der Waals surface area (Å²) in [4.78, 5) is 28.2. The zero-order valence-corrected chi connectivity index (χ0v) is 23.2. The molecule has 2 aromatic heterocycles. The maximum Gasteiger partial charge on any atom is 0.410 e. The first-order valence-electron chi connectivity index (χ1n) is 14.1. The summed E-state index contributed by atoms with van der Waals surface area (Å²) >= 11 is 0. The van der Waals surface area contributed by atoms with Gasteiger partial charge in [-0.15, -0.1) is 0 Å². The molecule has 0 aliphatic carbocycles. The number of nitrogens with one attached hydrogen (secondary N) is 1. The molecule has 1 N–H and O–H groups in total. The second kappa shape index (κ2) is 12.3. The maximum absolute atomic E-state index is 12.7. The molecule has 210 valence electrons. The number of nitrogens with zero attached hydrogens (tertiary/aromatic N) is 3. The Hall–Kier alpha value is -4.59. The number of hydrogen-bond acceptors (Lipinski definition) is 6. The van der Waals surface area contributed by atoms with Gasteiger partial charge in [0.2, 0.25) is 6.79 Å². The largest absolute Gasteiger partial charge is 0.462 e. The van der Waals surface area contributed by atoms with Crippen molar-refractivity contribution in [3.05, 3.63) is 119 Å². The van der Waals surface area contributed by atoms with Crippen LogP contribution in [0.5, 0.6) is 0 Å². The molecule has 41 heavy (non-hydrogen) atoms. The Bertz CT molecular complexity index is 1490. The van der Waals surface area contributed by atoms with Crippen LogP contribution < -0.4 is 0 Å². The lowest BCUT2D eigenvalue weighted by Gasteiger charge is -2.30. The van der Waals surface area contributed by atoms with Gasteiger partial charge in [0, 0.05) is 24.7 Å². The Morgan fingerprint density at radius 3 is 2.39 bits per heavy atom. The van der Waals surface area contributed by atoms with Crippen molar-refractivity contribution in [2.75, 3.05) is 19.9 Å². The smallest absolute Gasteiger partial charge is 0.410 e. The van der Waals surface area contributed by atoms with Gasteiger partial charge in [0.15, 0.2) is 0 Å². The molecule has 1 unspecified atom stereocenters. The van der Waals surface area contributed by atoms with Crippen LogP contribution in [0.2, 0.25) is 0 Å². The summed E-state index contributed by atoms with van der Waals surface area (Å²) in [7, 11) is 0. The SMILES string of the molecule is Cc1cccc(-c2nc(C3CCN(C(=O)OCc4ccccc4)CC3)[nH]c2C(Cc2ccccc2)C2=COCO2)n1. The fourth-order valence-corrected chi connectivity index (χ4v) is 5.50. The van der Waals surface area contributed by atoms with Gasteiger partial charge >= 0.3 is 6.09 Å². The summed E-state index contributed by atoms with van der Waals surface area (Å²) < 4.78 is 17.0. The summed E-state index contributed by atoms with van der Waals surface area (Å²) in [5.74, 6) is 1.74. The maximum atomic E-state index is 12.7. The summed E-state index contributed by atoms with van der Waals surface area (Å²) in [5.41, 5.74) is 5.71. The van der Waals surface area contributed by atoms with Crippen molar-refractivity contribution in [3.63, 3.8) is 0 Å². The number of hydrogen-bond donors (Lipinski definition) is 1. The standard InChI is InChI=1S/C33H34N4O4/c1-23-9-8-14-28(34-23)31-30(27(29-21-39-22-41-29)19-24-10-4-2-5-11-24)35-32(36-31)26-15-17-37(18-16-26)33(38)40-20-25-12-6-3-7-13-25/h2-14,21,26-27H,15-20,22H2,1H3,(H,35,36). The minimum atomic E-state index is -0.273. The van der Waals surface area contributed by atoms with Crippen LogP contribution in [0.1, 0.15) is 53.0 Å². The number of aromatic nitrogens is 3. The molecule has 8 heteroatoms. The fraction of sp³-hybridized carbons (Fsp3) is 0.303. The number of ether oxygens (including phenoxy) is 3. The highest BCUT2D eigenvalue weighted by molar-refractivity contribution is 5.67. The van der Waals surface area contributed by atoms with E-state index in [2.05, 4.69) is 17.1 Å². The van der Waals surface area contributed by atoms with Crippen molar-refractivity contribution in [2.24, 2.45) is 0 Å². The molecule has 1 fully saturated rings. The molecule has 1 amide bonds. The van der Waals surface area contributed by atoms with Crippen LogP contribution in [0.4, 0.5) is 4.79 Å². The van der Waals surface area contributed by atoms with Crippen molar-refractivity contribution in [1.82, 2.24) is 19.9 Å². The van der Waals surface area contributed by atoms with Crippen LogP contribution in [0.25, 0.3) is 11.4 Å². The lowest BCUT2D eigenvalue weighted by Crippen LogP contribution is -2.38. The molecule has 0 spiro atoms. The van der Waals surface area contributed by atoms with E-state index in [4.69, 9.17) is 24.2 Å². The Kier molecular flexibility index (Phi) is 7.98.